The minimum absolute atomic E-state index is 0.191. The zero-order valence-electron chi connectivity index (χ0n) is 17.2. The van der Waals surface area contributed by atoms with Gasteiger partial charge in [0.15, 0.2) is 5.96 Å². The van der Waals surface area contributed by atoms with Crippen molar-refractivity contribution in [2.75, 3.05) is 32.6 Å². The first-order valence-corrected chi connectivity index (χ1v) is 9.72. The first-order chi connectivity index (χ1) is 12.5. The SMILES string of the molecule is CCOC1CC(NC(=NC)NCc2cccc(N(C)C)n2)C1(CC)CC. The van der Waals surface area contributed by atoms with E-state index in [1.807, 2.05) is 44.2 Å². The zero-order valence-corrected chi connectivity index (χ0v) is 17.2. The Morgan fingerprint density at radius 2 is 2.04 bits per heavy atom. The molecule has 2 N–H and O–H groups in total. The van der Waals surface area contributed by atoms with Crippen molar-refractivity contribution in [2.24, 2.45) is 10.4 Å². The Labute approximate surface area is 158 Å². The van der Waals surface area contributed by atoms with E-state index in [1.54, 1.807) is 0 Å². The Bertz CT molecular complexity index is 598. The highest BCUT2D eigenvalue weighted by molar-refractivity contribution is 5.80. The van der Waals surface area contributed by atoms with Gasteiger partial charge in [-0.15, -0.1) is 0 Å². The van der Waals surface area contributed by atoms with Crippen LogP contribution in [0, 0.1) is 5.41 Å². The molecule has 1 aliphatic carbocycles. The van der Waals surface area contributed by atoms with Crippen LogP contribution in [0.15, 0.2) is 23.2 Å². The first-order valence-electron chi connectivity index (χ1n) is 9.72. The molecule has 1 aromatic heterocycles. The van der Waals surface area contributed by atoms with Gasteiger partial charge in [0, 0.05) is 39.2 Å². The average Bonchev–Trinajstić information content (AvgIpc) is 2.64. The van der Waals surface area contributed by atoms with E-state index in [1.165, 1.54) is 0 Å². The maximum absolute atomic E-state index is 5.97. The fourth-order valence-electron chi connectivity index (χ4n) is 3.93. The number of anilines is 1. The van der Waals surface area contributed by atoms with Gasteiger partial charge in [-0.1, -0.05) is 19.9 Å². The number of ether oxygens (including phenoxy) is 1. The third kappa shape index (κ3) is 4.29. The molecule has 26 heavy (non-hydrogen) atoms. The Morgan fingerprint density at radius 3 is 2.62 bits per heavy atom. The Hall–Kier alpha value is -1.82. The van der Waals surface area contributed by atoms with Crippen LogP contribution in [0.5, 0.6) is 0 Å². The molecule has 6 heteroatoms. The van der Waals surface area contributed by atoms with Crippen LogP contribution >= 0.6 is 0 Å². The predicted molar refractivity (Wildman–Crippen MR) is 109 cm³/mol. The molecule has 1 aliphatic rings. The molecule has 2 unspecified atom stereocenters. The lowest BCUT2D eigenvalue weighted by Crippen LogP contribution is -2.65. The highest BCUT2D eigenvalue weighted by atomic mass is 16.5. The maximum Gasteiger partial charge on any atom is 0.191 e. The van der Waals surface area contributed by atoms with Crippen LogP contribution in [-0.4, -0.2) is 50.8 Å². The largest absolute Gasteiger partial charge is 0.378 e. The molecule has 0 aromatic carbocycles. The topological polar surface area (TPSA) is 61.8 Å². The molecule has 1 fully saturated rings. The van der Waals surface area contributed by atoms with Crippen molar-refractivity contribution in [1.82, 2.24) is 15.6 Å². The van der Waals surface area contributed by atoms with Gasteiger partial charge < -0.3 is 20.3 Å². The normalized spacial score (nSPS) is 21.8. The Morgan fingerprint density at radius 1 is 1.31 bits per heavy atom. The molecule has 0 aliphatic heterocycles. The van der Waals surface area contributed by atoms with Crippen molar-refractivity contribution in [3.8, 4) is 0 Å². The number of aromatic nitrogens is 1. The number of hydrogen-bond donors (Lipinski definition) is 2. The first kappa shape index (κ1) is 20.5. The summed E-state index contributed by atoms with van der Waals surface area (Å²) in [7, 11) is 5.82. The Balaban J connectivity index is 1.97. The summed E-state index contributed by atoms with van der Waals surface area (Å²) in [4.78, 5) is 11.1. The molecule has 6 nitrogen and oxygen atoms in total. The second kappa shape index (κ2) is 9.21. The van der Waals surface area contributed by atoms with E-state index < -0.39 is 0 Å². The van der Waals surface area contributed by atoms with Gasteiger partial charge in [0.05, 0.1) is 18.3 Å². The summed E-state index contributed by atoms with van der Waals surface area (Å²) in [6.07, 6.45) is 3.59. The van der Waals surface area contributed by atoms with Crippen LogP contribution in [-0.2, 0) is 11.3 Å². The van der Waals surface area contributed by atoms with Crippen LogP contribution in [0.1, 0.15) is 45.7 Å². The average molecular weight is 362 g/mol. The minimum Gasteiger partial charge on any atom is -0.378 e. The highest BCUT2D eigenvalue weighted by Gasteiger charge is 2.53. The van der Waals surface area contributed by atoms with E-state index in [0.29, 0.717) is 18.7 Å². The lowest BCUT2D eigenvalue weighted by atomic mass is 9.58. The minimum atomic E-state index is 0.191. The fourth-order valence-corrected chi connectivity index (χ4v) is 3.93. The summed E-state index contributed by atoms with van der Waals surface area (Å²) in [6.45, 7) is 8.02. The van der Waals surface area contributed by atoms with E-state index in [-0.39, 0.29) is 5.41 Å². The molecule has 0 spiro atoms. The number of guanidine groups is 1. The van der Waals surface area contributed by atoms with Gasteiger partial charge in [0.1, 0.15) is 5.82 Å². The van der Waals surface area contributed by atoms with E-state index in [4.69, 9.17) is 4.74 Å². The summed E-state index contributed by atoms with van der Waals surface area (Å²) >= 11 is 0. The van der Waals surface area contributed by atoms with Gasteiger partial charge >= 0.3 is 0 Å². The summed E-state index contributed by atoms with van der Waals surface area (Å²) in [5, 5.41) is 7.01. The van der Waals surface area contributed by atoms with Crippen LogP contribution in [0.25, 0.3) is 0 Å². The van der Waals surface area contributed by atoms with Gasteiger partial charge in [-0.25, -0.2) is 4.98 Å². The van der Waals surface area contributed by atoms with E-state index >= 15 is 0 Å². The van der Waals surface area contributed by atoms with Crippen molar-refractivity contribution in [2.45, 2.75) is 58.7 Å². The lowest BCUT2D eigenvalue weighted by Gasteiger charge is -2.55. The van der Waals surface area contributed by atoms with E-state index in [9.17, 15) is 0 Å². The molecule has 0 radical (unpaired) electrons. The van der Waals surface area contributed by atoms with Crippen molar-refractivity contribution < 1.29 is 4.74 Å². The maximum atomic E-state index is 5.97. The molecular weight excluding hydrogens is 326 g/mol. The quantitative estimate of drug-likeness (QED) is 0.551. The highest BCUT2D eigenvalue weighted by Crippen LogP contribution is 2.48. The molecule has 2 rings (SSSR count). The molecule has 1 saturated carbocycles. The van der Waals surface area contributed by atoms with E-state index in [2.05, 4.69) is 41.4 Å². The van der Waals surface area contributed by atoms with Crippen molar-refractivity contribution in [3.05, 3.63) is 23.9 Å². The summed E-state index contributed by atoms with van der Waals surface area (Å²) < 4.78 is 5.97. The third-order valence-electron chi connectivity index (χ3n) is 5.69. The fraction of sp³-hybridized carbons (Fsp3) is 0.700. The number of hydrogen-bond acceptors (Lipinski definition) is 4. The standard InChI is InChI=1S/C20H35N5O/c1-7-20(8-2)16(13-17(20)26-9-3)24-19(21-4)22-14-15-11-10-12-18(23-15)25(5)6/h10-12,16-17H,7-9,13-14H2,1-6H3,(H2,21,22,24). The smallest absolute Gasteiger partial charge is 0.191 e. The Kier molecular flexibility index (Phi) is 7.26. The van der Waals surface area contributed by atoms with Gasteiger partial charge in [-0.2, -0.15) is 0 Å². The molecule has 1 heterocycles. The van der Waals surface area contributed by atoms with Gasteiger partial charge in [-0.05, 0) is 38.3 Å². The van der Waals surface area contributed by atoms with Crippen LogP contribution in [0.4, 0.5) is 5.82 Å². The molecular formula is C20H35N5O. The molecule has 1 aromatic rings. The summed E-state index contributed by atoms with van der Waals surface area (Å²) in [6, 6.07) is 6.47. The second-order valence-electron chi connectivity index (χ2n) is 7.12. The zero-order chi connectivity index (χ0) is 19.2. The molecule has 0 saturated heterocycles. The summed E-state index contributed by atoms with van der Waals surface area (Å²) in [5.74, 6) is 1.79. The van der Waals surface area contributed by atoms with Gasteiger partial charge in [0.2, 0.25) is 0 Å². The van der Waals surface area contributed by atoms with Crippen LogP contribution in [0.3, 0.4) is 0 Å². The number of rotatable bonds is 8. The van der Waals surface area contributed by atoms with Crippen molar-refractivity contribution in [3.63, 3.8) is 0 Å². The second-order valence-corrected chi connectivity index (χ2v) is 7.12. The van der Waals surface area contributed by atoms with Crippen molar-refractivity contribution in [1.29, 1.82) is 0 Å². The monoisotopic (exact) mass is 361 g/mol. The molecule has 146 valence electrons. The van der Waals surface area contributed by atoms with E-state index in [0.717, 1.165) is 43.3 Å². The molecule has 2 atom stereocenters. The predicted octanol–water partition coefficient (Wildman–Crippen LogP) is 2.80. The van der Waals surface area contributed by atoms with Crippen molar-refractivity contribution >= 4 is 11.8 Å². The van der Waals surface area contributed by atoms with Crippen LogP contribution in [0.2, 0.25) is 0 Å². The molecule has 0 bridgehead atoms. The summed E-state index contributed by atoms with van der Waals surface area (Å²) in [5.41, 5.74) is 1.19. The molecule has 0 amide bonds. The number of pyridine rings is 1. The third-order valence-corrected chi connectivity index (χ3v) is 5.69. The lowest BCUT2D eigenvalue weighted by molar-refractivity contribution is -0.133. The van der Waals surface area contributed by atoms with Gasteiger partial charge in [-0.3, -0.25) is 4.99 Å². The number of aliphatic imine (C=N–C) groups is 1. The van der Waals surface area contributed by atoms with Crippen LogP contribution < -0.4 is 15.5 Å². The van der Waals surface area contributed by atoms with Gasteiger partial charge in [0.25, 0.3) is 0 Å². The number of nitrogens with one attached hydrogen (secondary N) is 2. The number of nitrogens with zero attached hydrogens (tertiary/aromatic N) is 3.